The van der Waals surface area contributed by atoms with Crippen molar-refractivity contribution in [2.24, 2.45) is 0 Å². The molecule has 2 aromatic rings. The van der Waals surface area contributed by atoms with Gasteiger partial charge in [-0.2, -0.15) is 13.2 Å². The van der Waals surface area contributed by atoms with Crippen LogP contribution in [-0.2, 0) is 15.8 Å². The minimum atomic E-state index is -4.61. The van der Waals surface area contributed by atoms with Crippen LogP contribution in [0.5, 0.6) is 11.6 Å². The molecule has 0 fully saturated rings. The molecule has 0 saturated heterocycles. The van der Waals surface area contributed by atoms with Crippen LogP contribution in [0.3, 0.4) is 0 Å². The third kappa shape index (κ3) is 4.66. The van der Waals surface area contributed by atoms with Crippen LogP contribution < -0.4 is 10.1 Å². The molecule has 0 radical (unpaired) electrons. The monoisotopic (exact) mass is 427 g/mol. The lowest BCUT2D eigenvalue weighted by molar-refractivity contribution is -0.141. The number of hydrogen-bond acceptors (Lipinski definition) is 6. The maximum Gasteiger partial charge on any atom is 0.433 e. The first kappa shape index (κ1) is 20.6. The molecule has 0 saturated carbocycles. The second kappa shape index (κ2) is 8.10. The average molecular weight is 428 g/mol. The maximum absolute atomic E-state index is 12.7. The van der Waals surface area contributed by atoms with E-state index in [4.69, 9.17) is 21.4 Å². The molecule has 1 aliphatic heterocycles. The summed E-state index contributed by atoms with van der Waals surface area (Å²) >= 11 is 6.11. The second-order valence-electron chi connectivity index (χ2n) is 5.81. The fraction of sp³-hybridized carbons (Fsp3) is 0.167. The standard InChI is InChI=1S/C18H13ClF3N3O4/c19-11-8-10(23-12-9-16(27)25(6-7-26)17(12)28)4-5-13(11)29-15-3-1-2-14(24-15)18(20,21)22/h1-5,8-9,23,26H,6-7H2. The quantitative estimate of drug-likeness (QED) is 0.688. The Morgan fingerprint density at radius 2 is 1.97 bits per heavy atom. The summed E-state index contributed by atoms with van der Waals surface area (Å²) in [5.41, 5.74) is -0.765. The Kier molecular flexibility index (Phi) is 5.76. The number of nitrogens with zero attached hydrogens (tertiary/aromatic N) is 2. The summed E-state index contributed by atoms with van der Waals surface area (Å²) in [5.74, 6) is -1.41. The van der Waals surface area contributed by atoms with E-state index in [0.717, 1.165) is 23.1 Å². The molecule has 0 unspecified atom stereocenters. The summed E-state index contributed by atoms with van der Waals surface area (Å²) in [6, 6.07) is 7.43. The van der Waals surface area contributed by atoms with Gasteiger partial charge in [0.2, 0.25) is 5.88 Å². The Morgan fingerprint density at radius 3 is 2.62 bits per heavy atom. The molecule has 2 amide bonds. The van der Waals surface area contributed by atoms with E-state index < -0.39 is 23.7 Å². The number of benzene rings is 1. The summed E-state index contributed by atoms with van der Waals surface area (Å²) in [6.07, 6.45) is -3.53. The molecular formula is C18H13ClF3N3O4. The van der Waals surface area contributed by atoms with Gasteiger partial charge in [-0.1, -0.05) is 17.7 Å². The molecule has 2 heterocycles. The summed E-state index contributed by atoms with van der Waals surface area (Å²) < 4.78 is 43.5. The lowest BCUT2D eigenvalue weighted by Gasteiger charge is -2.14. The van der Waals surface area contributed by atoms with Crippen LogP contribution in [-0.4, -0.2) is 40.0 Å². The van der Waals surface area contributed by atoms with Gasteiger partial charge in [-0.15, -0.1) is 0 Å². The molecule has 2 N–H and O–H groups in total. The van der Waals surface area contributed by atoms with Gasteiger partial charge in [-0.3, -0.25) is 14.5 Å². The largest absolute Gasteiger partial charge is 0.437 e. The molecule has 0 atom stereocenters. The van der Waals surface area contributed by atoms with Gasteiger partial charge in [0.25, 0.3) is 11.8 Å². The summed E-state index contributed by atoms with van der Waals surface area (Å²) in [6.45, 7) is -0.489. The van der Waals surface area contributed by atoms with E-state index >= 15 is 0 Å². The van der Waals surface area contributed by atoms with Crippen LogP contribution >= 0.6 is 11.6 Å². The number of nitrogens with one attached hydrogen (secondary N) is 1. The molecule has 1 aromatic carbocycles. The van der Waals surface area contributed by atoms with E-state index in [2.05, 4.69) is 10.3 Å². The number of carbonyl (C=O) groups is 2. The third-order valence-corrected chi connectivity index (χ3v) is 4.07. The smallest absolute Gasteiger partial charge is 0.433 e. The molecule has 11 heteroatoms. The number of halogens is 4. The van der Waals surface area contributed by atoms with Gasteiger partial charge < -0.3 is 15.2 Å². The zero-order valence-corrected chi connectivity index (χ0v) is 15.3. The van der Waals surface area contributed by atoms with Gasteiger partial charge in [-0.25, -0.2) is 4.98 Å². The van der Waals surface area contributed by atoms with Crippen molar-refractivity contribution in [3.8, 4) is 11.6 Å². The molecule has 0 bridgehead atoms. The average Bonchev–Trinajstić information content (AvgIpc) is 2.91. The van der Waals surface area contributed by atoms with Crippen molar-refractivity contribution in [3.63, 3.8) is 0 Å². The van der Waals surface area contributed by atoms with Crippen molar-refractivity contribution in [2.75, 3.05) is 18.5 Å². The number of amides is 2. The lowest BCUT2D eigenvalue weighted by atomic mass is 10.2. The van der Waals surface area contributed by atoms with E-state index in [0.29, 0.717) is 5.69 Å². The van der Waals surface area contributed by atoms with Crippen LogP contribution in [0.4, 0.5) is 18.9 Å². The first-order chi connectivity index (χ1) is 13.7. The number of carbonyl (C=O) groups excluding carboxylic acids is 2. The molecule has 1 aromatic heterocycles. The van der Waals surface area contributed by atoms with E-state index in [1.54, 1.807) is 0 Å². The number of hydrogen-bond donors (Lipinski definition) is 2. The van der Waals surface area contributed by atoms with Crippen LogP contribution in [0.25, 0.3) is 0 Å². The van der Waals surface area contributed by atoms with Crippen LogP contribution in [0.2, 0.25) is 5.02 Å². The first-order valence-electron chi connectivity index (χ1n) is 8.16. The minimum absolute atomic E-state index is 0.00673. The van der Waals surface area contributed by atoms with E-state index in [9.17, 15) is 22.8 Å². The first-order valence-corrected chi connectivity index (χ1v) is 8.54. The molecule has 0 spiro atoms. The number of imide groups is 1. The van der Waals surface area contributed by atoms with Gasteiger partial charge in [0.1, 0.15) is 17.1 Å². The Balaban J connectivity index is 1.74. The molecular weight excluding hydrogens is 415 g/mol. The number of anilines is 1. The van der Waals surface area contributed by atoms with Gasteiger partial charge >= 0.3 is 6.18 Å². The van der Waals surface area contributed by atoms with Crippen LogP contribution in [0.15, 0.2) is 48.2 Å². The maximum atomic E-state index is 12.7. The lowest BCUT2D eigenvalue weighted by Crippen LogP contribution is -2.34. The fourth-order valence-corrected chi connectivity index (χ4v) is 2.69. The Hall–Kier alpha value is -3.11. The topological polar surface area (TPSA) is 91.8 Å². The number of pyridine rings is 1. The predicted octanol–water partition coefficient (Wildman–Crippen LogP) is 3.20. The number of alkyl halides is 3. The third-order valence-electron chi connectivity index (χ3n) is 3.77. The van der Waals surface area contributed by atoms with Crippen molar-refractivity contribution in [3.05, 3.63) is 58.9 Å². The second-order valence-corrected chi connectivity index (χ2v) is 6.21. The fourth-order valence-electron chi connectivity index (χ4n) is 2.47. The van der Waals surface area contributed by atoms with E-state index in [1.807, 2.05) is 0 Å². The van der Waals surface area contributed by atoms with Crippen LogP contribution in [0.1, 0.15) is 5.69 Å². The Bertz CT molecular complexity index is 995. The van der Waals surface area contributed by atoms with E-state index in [1.165, 1.54) is 24.3 Å². The van der Waals surface area contributed by atoms with Crippen molar-refractivity contribution in [2.45, 2.75) is 6.18 Å². The molecule has 1 aliphatic rings. The molecule has 0 aliphatic carbocycles. The van der Waals surface area contributed by atoms with Crippen molar-refractivity contribution in [1.82, 2.24) is 9.88 Å². The van der Waals surface area contributed by atoms with Gasteiger partial charge in [0, 0.05) is 17.8 Å². The van der Waals surface area contributed by atoms with Crippen molar-refractivity contribution >= 4 is 29.1 Å². The number of aliphatic hydroxyl groups is 1. The highest BCUT2D eigenvalue weighted by atomic mass is 35.5. The Labute approximate surface area is 167 Å². The van der Waals surface area contributed by atoms with E-state index in [-0.39, 0.29) is 35.5 Å². The molecule has 29 heavy (non-hydrogen) atoms. The van der Waals surface area contributed by atoms with Gasteiger partial charge in [-0.05, 0) is 24.3 Å². The number of aliphatic hydroxyl groups excluding tert-OH is 1. The summed E-state index contributed by atoms with van der Waals surface area (Å²) in [7, 11) is 0. The zero-order chi connectivity index (χ0) is 21.2. The zero-order valence-electron chi connectivity index (χ0n) is 14.5. The highest BCUT2D eigenvalue weighted by Gasteiger charge is 2.33. The van der Waals surface area contributed by atoms with Crippen LogP contribution in [0, 0.1) is 0 Å². The number of ether oxygens (including phenoxy) is 1. The SMILES string of the molecule is O=C1C=C(Nc2ccc(Oc3cccc(C(F)(F)F)n3)c(Cl)c2)C(=O)N1CCO. The van der Waals surface area contributed by atoms with Crippen molar-refractivity contribution in [1.29, 1.82) is 0 Å². The summed E-state index contributed by atoms with van der Waals surface area (Å²) in [4.78, 5) is 28.1. The predicted molar refractivity (Wildman–Crippen MR) is 96.3 cm³/mol. The number of aromatic nitrogens is 1. The Morgan fingerprint density at radius 1 is 1.21 bits per heavy atom. The molecule has 7 nitrogen and oxygen atoms in total. The minimum Gasteiger partial charge on any atom is -0.437 e. The van der Waals surface area contributed by atoms with Gasteiger partial charge in [0.05, 0.1) is 18.2 Å². The number of β-amino-alcohol motifs (C(OH)–C–C–N with tert-alkyl or cyclic N) is 1. The van der Waals surface area contributed by atoms with Crippen molar-refractivity contribution < 1.29 is 32.6 Å². The highest BCUT2D eigenvalue weighted by molar-refractivity contribution is 6.32. The molecule has 152 valence electrons. The summed E-state index contributed by atoms with van der Waals surface area (Å²) in [5, 5.41) is 11.7. The highest BCUT2D eigenvalue weighted by Crippen LogP contribution is 2.33. The molecule has 3 rings (SSSR count). The number of rotatable bonds is 6. The normalized spacial score (nSPS) is 14.2. The van der Waals surface area contributed by atoms with Gasteiger partial charge in [0.15, 0.2) is 0 Å².